The Hall–Kier alpha value is -2.47. The second kappa shape index (κ2) is 9.77. The molecule has 2 aromatic rings. The number of halogens is 4. The van der Waals surface area contributed by atoms with Crippen LogP contribution in [0.15, 0.2) is 49.1 Å². The Balaban J connectivity index is 2.34. The maximum absolute atomic E-state index is 12.6. The van der Waals surface area contributed by atoms with Gasteiger partial charge in [0, 0.05) is 19.8 Å². The van der Waals surface area contributed by atoms with Gasteiger partial charge in [-0.25, -0.2) is 14.2 Å². The van der Waals surface area contributed by atoms with Gasteiger partial charge < -0.3 is 9.64 Å². The lowest BCUT2D eigenvalue weighted by Crippen LogP contribution is -2.21. The van der Waals surface area contributed by atoms with Crippen LogP contribution < -0.4 is 4.74 Å². The first-order valence-electron chi connectivity index (χ1n) is 8.86. The minimum absolute atomic E-state index is 0.0840. The average Bonchev–Trinajstić information content (AvgIpc) is 2.68. The molecule has 1 aromatic carbocycles. The van der Waals surface area contributed by atoms with Gasteiger partial charge in [0.15, 0.2) is 0 Å². The van der Waals surface area contributed by atoms with Gasteiger partial charge in [0.05, 0.1) is 36.8 Å². The predicted molar refractivity (Wildman–Crippen MR) is 115 cm³/mol. The van der Waals surface area contributed by atoms with Gasteiger partial charge in [0.2, 0.25) is 5.88 Å². The topological polar surface area (TPSA) is 84.2 Å². The summed E-state index contributed by atoms with van der Waals surface area (Å²) in [6.45, 7) is 4.52. The number of amides is 1. The largest absolute Gasteiger partial charge is 0.474 e. The molecule has 1 heterocycles. The number of pyridine rings is 1. The van der Waals surface area contributed by atoms with Gasteiger partial charge in [0.25, 0.3) is 0 Å². The number of benzene rings is 1. The Morgan fingerprint density at radius 1 is 1.35 bits per heavy atom. The SMILES string of the molecule is CCN(C)C=Nc1cc(Br)c(Oc2cccc(S(C)(=O)=NC(=O)C(F)(F)F)c2)nc1C. The molecule has 0 fully saturated rings. The zero-order chi connectivity index (χ0) is 23.4. The summed E-state index contributed by atoms with van der Waals surface area (Å²) in [7, 11) is -1.75. The summed E-state index contributed by atoms with van der Waals surface area (Å²) >= 11 is 3.36. The molecule has 12 heteroatoms. The monoisotopic (exact) mass is 520 g/mol. The Bertz CT molecular complexity index is 1130. The van der Waals surface area contributed by atoms with E-state index in [1.54, 1.807) is 19.3 Å². The van der Waals surface area contributed by atoms with Gasteiger partial charge in [-0.15, -0.1) is 4.36 Å². The third-order valence-corrected chi connectivity index (χ3v) is 6.17. The summed E-state index contributed by atoms with van der Waals surface area (Å²) in [5.41, 5.74) is 1.20. The number of carbonyl (C=O) groups is 1. The molecule has 0 radical (unpaired) electrons. The Morgan fingerprint density at radius 3 is 2.65 bits per heavy atom. The van der Waals surface area contributed by atoms with E-state index in [0.717, 1.165) is 12.8 Å². The maximum atomic E-state index is 12.6. The van der Waals surface area contributed by atoms with Gasteiger partial charge in [-0.3, -0.25) is 4.79 Å². The van der Waals surface area contributed by atoms with Crippen LogP contribution in [0.1, 0.15) is 12.6 Å². The number of hydrogen-bond donors (Lipinski definition) is 0. The van der Waals surface area contributed by atoms with E-state index in [-0.39, 0.29) is 16.5 Å². The molecule has 1 aromatic heterocycles. The van der Waals surface area contributed by atoms with Crippen molar-refractivity contribution in [1.29, 1.82) is 0 Å². The number of hydrogen-bond acceptors (Lipinski definition) is 5. The number of rotatable bonds is 6. The highest BCUT2D eigenvalue weighted by Gasteiger charge is 2.39. The van der Waals surface area contributed by atoms with Crippen molar-refractivity contribution in [2.75, 3.05) is 19.8 Å². The van der Waals surface area contributed by atoms with Crippen LogP contribution >= 0.6 is 15.9 Å². The fourth-order valence-electron chi connectivity index (χ4n) is 2.14. The molecular weight excluding hydrogens is 501 g/mol. The smallest absolute Gasteiger partial charge is 0.438 e. The molecule has 0 saturated heterocycles. The summed E-state index contributed by atoms with van der Waals surface area (Å²) < 4.78 is 59.1. The van der Waals surface area contributed by atoms with E-state index in [4.69, 9.17) is 4.74 Å². The summed E-state index contributed by atoms with van der Waals surface area (Å²) in [5, 5.41) is 0. The minimum Gasteiger partial charge on any atom is -0.438 e. The quantitative estimate of drug-likeness (QED) is 0.390. The molecule has 31 heavy (non-hydrogen) atoms. The van der Waals surface area contributed by atoms with Crippen LogP contribution in [0.4, 0.5) is 18.9 Å². The van der Waals surface area contributed by atoms with Crippen molar-refractivity contribution in [1.82, 2.24) is 9.88 Å². The lowest BCUT2D eigenvalue weighted by Gasteiger charge is -2.12. The van der Waals surface area contributed by atoms with Crippen molar-refractivity contribution in [3.05, 3.63) is 40.5 Å². The molecule has 0 aliphatic carbocycles. The molecule has 168 valence electrons. The number of alkyl halides is 3. The van der Waals surface area contributed by atoms with Crippen LogP contribution in [0.2, 0.25) is 0 Å². The fraction of sp³-hybridized carbons (Fsp3) is 0.316. The van der Waals surface area contributed by atoms with Crippen LogP contribution in [0.5, 0.6) is 11.6 Å². The van der Waals surface area contributed by atoms with Gasteiger partial charge in [-0.05, 0) is 54.0 Å². The van der Waals surface area contributed by atoms with Crippen molar-refractivity contribution < 1.29 is 26.9 Å². The molecule has 0 spiro atoms. The lowest BCUT2D eigenvalue weighted by molar-refractivity contribution is -0.169. The number of ether oxygens (including phenoxy) is 1. The number of aryl methyl sites for hydroxylation is 1. The summed E-state index contributed by atoms with van der Waals surface area (Å²) in [4.78, 5) is 21.6. The van der Waals surface area contributed by atoms with E-state index in [0.29, 0.717) is 15.9 Å². The number of carbonyl (C=O) groups excluding carboxylic acids is 1. The van der Waals surface area contributed by atoms with Crippen LogP contribution in [-0.4, -0.2) is 52.4 Å². The van der Waals surface area contributed by atoms with E-state index < -0.39 is 21.8 Å². The van der Waals surface area contributed by atoms with E-state index in [9.17, 15) is 22.2 Å². The Labute approximate surface area is 186 Å². The molecule has 1 unspecified atom stereocenters. The maximum Gasteiger partial charge on any atom is 0.474 e. The molecule has 1 atom stereocenters. The molecule has 0 aliphatic rings. The third-order valence-electron chi connectivity index (χ3n) is 3.96. The van der Waals surface area contributed by atoms with Crippen LogP contribution in [0, 0.1) is 6.92 Å². The highest BCUT2D eigenvalue weighted by molar-refractivity contribution is 9.10. The molecule has 0 aliphatic heterocycles. The zero-order valence-electron chi connectivity index (χ0n) is 17.1. The fourth-order valence-corrected chi connectivity index (χ4v) is 3.72. The Morgan fingerprint density at radius 2 is 2.03 bits per heavy atom. The van der Waals surface area contributed by atoms with Crippen LogP contribution in [0.3, 0.4) is 0 Å². The molecule has 0 saturated carbocycles. The van der Waals surface area contributed by atoms with Gasteiger partial charge in [-0.2, -0.15) is 13.2 Å². The predicted octanol–water partition coefficient (Wildman–Crippen LogP) is 5.10. The number of aliphatic imine (C=N–C) groups is 1. The summed E-state index contributed by atoms with van der Waals surface area (Å²) in [6.07, 6.45) is -2.58. The molecular formula is C19H20BrF3N4O3S. The first-order chi connectivity index (χ1) is 14.3. The minimum atomic E-state index is -5.20. The normalized spacial score (nSPS) is 13.7. The summed E-state index contributed by atoms with van der Waals surface area (Å²) in [6, 6.07) is 7.21. The standard InChI is InChI=1S/C19H20BrF3N4O3S/c1-5-27(3)11-24-16-10-15(20)17(25-12(16)2)30-13-7-6-8-14(9-13)31(4,29)26-18(28)19(21,22)23/h6-11H,5H2,1-4H3. The van der Waals surface area contributed by atoms with E-state index in [1.165, 1.54) is 24.3 Å². The van der Waals surface area contributed by atoms with Crippen molar-refractivity contribution in [2.24, 2.45) is 9.36 Å². The number of nitrogens with zero attached hydrogens (tertiary/aromatic N) is 4. The highest BCUT2D eigenvalue weighted by atomic mass is 79.9. The van der Waals surface area contributed by atoms with Crippen molar-refractivity contribution in [3.8, 4) is 11.6 Å². The van der Waals surface area contributed by atoms with Crippen LogP contribution in [-0.2, 0) is 14.5 Å². The highest BCUT2D eigenvalue weighted by Crippen LogP contribution is 2.33. The van der Waals surface area contributed by atoms with E-state index >= 15 is 0 Å². The van der Waals surface area contributed by atoms with Crippen molar-refractivity contribution in [3.63, 3.8) is 0 Å². The zero-order valence-corrected chi connectivity index (χ0v) is 19.5. The van der Waals surface area contributed by atoms with Gasteiger partial charge in [0.1, 0.15) is 5.75 Å². The van der Waals surface area contributed by atoms with Crippen LogP contribution in [0.25, 0.3) is 0 Å². The average molecular weight is 521 g/mol. The lowest BCUT2D eigenvalue weighted by atomic mass is 10.3. The second-order valence-corrected chi connectivity index (χ2v) is 9.58. The third kappa shape index (κ3) is 6.76. The molecule has 0 N–H and O–H groups in total. The molecule has 1 amide bonds. The van der Waals surface area contributed by atoms with E-state index in [2.05, 4.69) is 30.3 Å². The van der Waals surface area contributed by atoms with Gasteiger partial charge in [-0.1, -0.05) is 6.07 Å². The first-order valence-corrected chi connectivity index (χ1v) is 11.6. The molecule has 7 nitrogen and oxygen atoms in total. The van der Waals surface area contributed by atoms with Crippen molar-refractivity contribution >= 4 is 43.6 Å². The Kier molecular flexibility index (Phi) is 7.82. The van der Waals surface area contributed by atoms with Crippen molar-refractivity contribution in [2.45, 2.75) is 24.9 Å². The number of aromatic nitrogens is 1. The molecule has 2 rings (SSSR count). The second-order valence-electron chi connectivity index (χ2n) is 6.47. The first kappa shape index (κ1) is 24.8. The van der Waals surface area contributed by atoms with Gasteiger partial charge >= 0.3 is 12.1 Å². The van der Waals surface area contributed by atoms with E-state index in [1.807, 2.05) is 18.9 Å². The summed E-state index contributed by atoms with van der Waals surface area (Å²) in [5.74, 6) is -2.06. The molecule has 0 bridgehead atoms.